The minimum absolute atomic E-state index is 0.281. The molecule has 1 unspecified atom stereocenters. The molecule has 4 aromatic rings. The number of nitrogens with zero attached hydrogens (tertiary/aromatic N) is 4. The topological polar surface area (TPSA) is 69.6 Å². The van der Waals surface area contributed by atoms with Gasteiger partial charge < -0.3 is 5.73 Å². The van der Waals surface area contributed by atoms with E-state index in [9.17, 15) is 4.39 Å². The third-order valence-corrected chi connectivity index (χ3v) is 4.56. The van der Waals surface area contributed by atoms with Crippen LogP contribution in [0.1, 0.15) is 10.9 Å². The van der Waals surface area contributed by atoms with Gasteiger partial charge in [-0.1, -0.05) is 30.3 Å². The number of alkyl halides is 1. The zero-order valence-electron chi connectivity index (χ0n) is 13.7. The third-order valence-electron chi connectivity index (χ3n) is 4.17. The van der Waals surface area contributed by atoms with Crippen molar-refractivity contribution in [3.05, 3.63) is 72.3 Å². The molecule has 2 aromatic heterocycles. The average molecular weight is 368 g/mol. The van der Waals surface area contributed by atoms with Crippen molar-refractivity contribution in [3.8, 4) is 11.3 Å². The van der Waals surface area contributed by atoms with Gasteiger partial charge >= 0.3 is 0 Å². The maximum Gasteiger partial charge on any atom is 0.164 e. The highest BCUT2D eigenvalue weighted by Gasteiger charge is 2.19. The maximum absolute atomic E-state index is 13.3. The van der Waals surface area contributed by atoms with Gasteiger partial charge in [0.1, 0.15) is 23.7 Å². The summed E-state index contributed by atoms with van der Waals surface area (Å²) >= 11 is 6.57. The van der Waals surface area contributed by atoms with E-state index < -0.39 is 0 Å². The molecule has 0 fully saturated rings. The molecule has 2 heterocycles. The second-order valence-electron chi connectivity index (χ2n) is 5.87. The summed E-state index contributed by atoms with van der Waals surface area (Å²) in [6, 6.07) is 15.8. The van der Waals surface area contributed by atoms with Crippen molar-refractivity contribution in [2.45, 2.75) is 11.9 Å². The van der Waals surface area contributed by atoms with Gasteiger partial charge in [-0.05, 0) is 29.8 Å². The van der Waals surface area contributed by atoms with Crippen molar-refractivity contribution in [2.24, 2.45) is 0 Å². The Bertz CT molecular complexity index is 1050. The molecule has 5 nitrogen and oxygen atoms in total. The standard InChI is InChI=1S/C19H15ClFN5/c20-15(12-4-2-1-3-5-12)10-26-19-16(18(22)23-11-24-19)17(25-26)13-6-8-14(21)9-7-13/h1-9,11,15H,10H2,(H2,22,23,24). The molecule has 7 heteroatoms. The van der Waals surface area contributed by atoms with Gasteiger partial charge in [-0.25, -0.2) is 19.0 Å². The van der Waals surface area contributed by atoms with E-state index in [-0.39, 0.29) is 11.2 Å². The van der Waals surface area contributed by atoms with Crippen molar-refractivity contribution in [2.75, 3.05) is 5.73 Å². The first-order valence-corrected chi connectivity index (χ1v) is 8.49. The van der Waals surface area contributed by atoms with Gasteiger partial charge in [-0.2, -0.15) is 5.10 Å². The summed E-state index contributed by atoms with van der Waals surface area (Å²) in [5.74, 6) is 0.0121. The summed E-state index contributed by atoms with van der Waals surface area (Å²) in [5, 5.41) is 5.00. The summed E-state index contributed by atoms with van der Waals surface area (Å²) in [5.41, 5.74) is 9.00. The summed E-state index contributed by atoms with van der Waals surface area (Å²) in [7, 11) is 0. The number of hydrogen-bond donors (Lipinski definition) is 1. The van der Waals surface area contributed by atoms with Crippen LogP contribution in [0, 0.1) is 5.82 Å². The molecule has 26 heavy (non-hydrogen) atoms. The Morgan fingerprint density at radius 2 is 1.77 bits per heavy atom. The quantitative estimate of drug-likeness (QED) is 0.549. The van der Waals surface area contributed by atoms with Gasteiger partial charge in [0.15, 0.2) is 5.65 Å². The van der Waals surface area contributed by atoms with Crippen LogP contribution < -0.4 is 5.73 Å². The molecule has 2 aromatic carbocycles. The molecule has 0 radical (unpaired) electrons. The maximum atomic E-state index is 13.3. The Labute approximate surface area is 154 Å². The Balaban J connectivity index is 1.81. The Morgan fingerprint density at radius 3 is 2.50 bits per heavy atom. The van der Waals surface area contributed by atoms with Crippen molar-refractivity contribution in [3.63, 3.8) is 0 Å². The van der Waals surface area contributed by atoms with Gasteiger partial charge in [0.25, 0.3) is 0 Å². The number of hydrogen-bond acceptors (Lipinski definition) is 4. The smallest absolute Gasteiger partial charge is 0.164 e. The van der Waals surface area contributed by atoms with Crippen molar-refractivity contribution in [1.29, 1.82) is 0 Å². The summed E-state index contributed by atoms with van der Waals surface area (Å²) in [6.45, 7) is 0.416. The largest absolute Gasteiger partial charge is 0.383 e. The highest BCUT2D eigenvalue weighted by molar-refractivity contribution is 6.20. The van der Waals surface area contributed by atoms with Gasteiger partial charge in [-0.15, -0.1) is 11.6 Å². The predicted octanol–water partition coefficient (Wildman–Crippen LogP) is 4.19. The van der Waals surface area contributed by atoms with E-state index in [1.165, 1.54) is 18.5 Å². The number of rotatable bonds is 4. The first-order chi connectivity index (χ1) is 12.6. The number of aromatic nitrogens is 4. The Kier molecular flexibility index (Phi) is 4.26. The van der Waals surface area contributed by atoms with Crippen molar-refractivity contribution >= 4 is 28.5 Å². The van der Waals surface area contributed by atoms with Crippen LogP contribution in [0.25, 0.3) is 22.3 Å². The van der Waals surface area contributed by atoms with E-state index in [1.54, 1.807) is 16.8 Å². The van der Waals surface area contributed by atoms with Crippen molar-refractivity contribution < 1.29 is 4.39 Å². The number of nitrogens with two attached hydrogens (primary N) is 1. The lowest BCUT2D eigenvalue weighted by molar-refractivity contribution is 0.617. The van der Waals surface area contributed by atoms with E-state index in [4.69, 9.17) is 17.3 Å². The second kappa shape index (κ2) is 6.72. The van der Waals surface area contributed by atoms with Gasteiger partial charge in [0, 0.05) is 5.56 Å². The Hall–Kier alpha value is -2.99. The number of anilines is 1. The number of halogens is 2. The van der Waals surface area contributed by atoms with Gasteiger partial charge in [0.05, 0.1) is 17.3 Å². The molecule has 4 rings (SSSR count). The molecule has 0 saturated heterocycles. The van der Waals surface area contributed by atoms with Gasteiger partial charge in [0.2, 0.25) is 0 Å². The Morgan fingerprint density at radius 1 is 1.04 bits per heavy atom. The SMILES string of the molecule is Nc1ncnc2c1c(-c1ccc(F)cc1)nn2CC(Cl)c1ccccc1. The van der Waals surface area contributed by atoms with Gasteiger partial charge in [-0.3, -0.25) is 0 Å². The van der Waals surface area contributed by atoms with E-state index >= 15 is 0 Å². The number of benzene rings is 2. The highest BCUT2D eigenvalue weighted by Crippen LogP contribution is 2.32. The molecule has 2 N–H and O–H groups in total. The van der Waals surface area contributed by atoms with Crippen LogP contribution in [0.3, 0.4) is 0 Å². The number of nitrogen functional groups attached to an aromatic ring is 1. The molecular weight excluding hydrogens is 353 g/mol. The third kappa shape index (κ3) is 2.99. The lowest BCUT2D eigenvalue weighted by atomic mass is 10.1. The monoisotopic (exact) mass is 367 g/mol. The molecule has 1 atom stereocenters. The fraction of sp³-hybridized carbons (Fsp3) is 0.105. The summed E-state index contributed by atoms with van der Waals surface area (Å²) in [4.78, 5) is 8.40. The van der Waals surface area contributed by atoms with E-state index in [0.717, 1.165) is 11.1 Å². The zero-order chi connectivity index (χ0) is 18.1. The lowest BCUT2D eigenvalue weighted by Gasteiger charge is -2.10. The predicted molar refractivity (Wildman–Crippen MR) is 100 cm³/mol. The summed E-state index contributed by atoms with van der Waals surface area (Å²) in [6.07, 6.45) is 1.40. The molecule has 0 bridgehead atoms. The molecule has 0 spiro atoms. The molecule has 130 valence electrons. The fourth-order valence-electron chi connectivity index (χ4n) is 2.89. The lowest BCUT2D eigenvalue weighted by Crippen LogP contribution is -2.07. The second-order valence-corrected chi connectivity index (χ2v) is 6.40. The summed E-state index contributed by atoms with van der Waals surface area (Å²) < 4.78 is 15.0. The van der Waals surface area contributed by atoms with Crippen LogP contribution in [0.5, 0.6) is 0 Å². The molecule has 0 saturated carbocycles. The minimum atomic E-state index is -0.313. The van der Waals surface area contributed by atoms with E-state index in [2.05, 4.69) is 15.1 Å². The van der Waals surface area contributed by atoms with Crippen LogP contribution >= 0.6 is 11.6 Å². The van der Waals surface area contributed by atoms with Crippen LogP contribution in [0.4, 0.5) is 10.2 Å². The molecule has 0 amide bonds. The molecular formula is C19H15ClFN5. The number of fused-ring (bicyclic) bond motifs is 1. The normalized spacial score (nSPS) is 12.4. The van der Waals surface area contributed by atoms with Crippen LogP contribution in [0.2, 0.25) is 0 Å². The van der Waals surface area contributed by atoms with Crippen LogP contribution in [-0.4, -0.2) is 19.7 Å². The minimum Gasteiger partial charge on any atom is -0.383 e. The average Bonchev–Trinajstić information content (AvgIpc) is 3.03. The zero-order valence-corrected chi connectivity index (χ0v) is 14.4. The molecule has 0 aliphatic rings. The van der Waals surface area contributed by atoms with Crippen molar-refractivity contribution in [1.82, 2.24) is 19.7 Å². The molecule has 0 aliphatic heterocycles. The van der Waals surface area contributed by atoms with Crippen LogP contribution in [0.15, 0.2) is 60.9 Å². The first-order valence-electron chi connectivity index (χ1n) is 8.05. The van der Waals surface area contributed by atoms with E-state index in [1.807, 2.05) is 30.3 Å². The molecule has 0 aliphatic carbocycles. The van der Waals surface area contributed by atoms with Crippen LogP contribution in [-0.2, 0) is 6.54 Å². The first kappa shape index (κ1) is 16.5. The van der Waals surface area contributed by atoms with E-state index in [0.29, 0.717) is 29.1 Å². The highest BCUT2D eigenvalue weighted by atomic mass is 35.5. The fourth-order valence-corrected chi connectivity index (χ4v) is 3.16.